The molecule has 0 aliphatic heterocycles. The van der Waals surface area contributed by atoms with E-state index in [1.807, 2.05) is 37.0 Å². The predicted octanol–water partition coefficient (Wildman–Crippen LogP) is 3.95. The van der Waals surface area contributed by atoms with Crippen molar-refractivity contribution < 1.29 is 4.74 Å². The number of guanidine groups is 1. The molecule has 1 heterocycles. The van der Waals surface area contributed by atoms with E-state index in [-0.39, 0.29) is 24.0 Å². The van der Waals surface area contributed by atoms with Crippen LogP contribution in [0.15, 0.2) is 35.5 Å². The molecule has 156 valence electrons. The van der Waals surface area contributed by atoms with Gasteiger partial charge in [-0.3, -0.25) is 9.67 Å². The van der Waals surface area contributed by atoms with Gasteiger partial charge in [-0.05, 0) is 30.9 Å². The molecule has 28 heavy (non-hydrogen) atoms. The zero-order chi connectivity index (χ0) is 19.8. The van der Waals surface area contributed by atoms with Crippen molar-refractivity contribution in [3.63, 3.8) is 0 Å². The number of aromatic nitrogens is 2. The van der Waals surface area contributed by atoms with Gasteiger partial charge in [0.2, 0.25) is 0 Å². The van der Waals surface area contributed by atoms with Crippen LogP contribution in [-0.4, -0.2) is 47.9 Å². The second-order valence-corrected chi connectivity index (χ2v) is 7.17. The van der Waals surface area contributed by atoms with Gasteiger partial charge in [-0.25, -0.2) is 0 Å². The Kier molecular flexibility index (Phi) is 10.3. The molecule has 0 aliphatic rings. The number of nitrogens with zero attached hydrogens (tertiary/aromatic N) is 4. The zero-order valence-corrected chi connectivity index (χ0v) is 20.2. The van der Waals surface area contributed by atoms with Crippen LogP contribution in [0.3, 0.4) is 0 Å². The number of ether oxygens (including phenoxy) is 1. The third-order valence-corrected chi connectivity index (χ3v) is 4.42. The van der Waals surface area contributed by atoms with E-state index in [2.05, 4.69) is 60.4 Å². The normalized spacial score (nSPS) is 11.3. The summed E-state index contributed by atoms with van der Waals surface area (Å²) in [6.45, 7) is 8.68. The Bertz CT molecular complexity index is 757. The average molecular weight is 499 g/mol. The van der Waals surface area contributed by atoms with E-state index in [0.717, 1.165) is 36.9 Å². The van der Waals surface area contributed by atoms with Crippen molar-refractivity contribution in [3.05, 3.63) is 47.3 Å². The van der Waals surface area contributed by atoms with Gasteiger partial charge in [0.1, 0.15) is 5.75 Å². The third kappa shape index (κ3) is 7.00. The molecule has 0 spiro atoms. The molecule has 0 fully saturated rings. The predicted molar refractivity (Wildman–Crippen MR) is 127 cm³/mol. The molecular weight excluding hydrogens is 465 g/mol. The smallest absolute Gasteiger partial charge is 0.193 e. The lowest BCUT2D eigenvalue weighted by atomic mass is 10.1. The number of rotatable bonds is 8. The van der Waals surface area contributed by atoms with Crippen molar-refractivity contribution in [1.29, 1.82) is 0 Å². The Morgan fingerprint density at radius 3 is 2.68 bits per heavy atom. The third-order valence-electron chi connectivity index (χ3n) is 4.42. The van der Waals surface area contributed by atoms with E-state index >= 15 is 0 Å². The van der Waals surface area contributed by atoms with Crippen molar-refractivity contribution >= 4 is 29.9 Å². The molecule has 2 aromatic rings. The molecular formula is C21H34IN5O. The van der Waals surface area contributed by atoms with Crippen LogP contribution in [0.1, 0.15) is 43.0 Å². The first-order valence-electron chi connectivity index (χ1n) is 9.55. The molecule has 1 N–H and O–H groups in total. The highest BCUT2D eigenvalue weighted by Crippen LogP contribution is 2.18. The summed E-state index contributed by atoms with van der Waals surface area (Å²) in [4.78, 5) is 6.53. The van der Waals surface area contributed by atoms with Crippen molar-refractivity contribution in [2.24, 2.45) is 12.0 Å². The van der Waals surface area contributed by atoms with E-state index in [9.17, 15) is 0 Å². The summed E-state index contributed by atoms with van der Waals surface area (Å²) in [5.74, 6) is 2.24. The largest absolute Gasteiger partial charge is 0.493 e. The molecule has 6 nitrogen and oxygen atoms in total. The minimum absolute atomic E-state index is 0. The first-order valence-corrected chi connectivity index (χ1v) is 9.55. The van der Waals surface area contributed by atoms with Gasteiger partial charge in [0.05, 0.1) is 12.3 Å². The number of halogens is 1. The van der Waals surface area contributed by atoms with Crippen LogP contribution in [0.4, 0.5) is 0 Å². The SMILES string of the molecule is CN=C(NCCCOc1ccccc1C)N(C)Cc1cn(C)nc1C(C)C.I. The van der Waals surface area contributed by atoms with E-state index in [0.29, 0.717) is 12.5 Å². The fourth-order valence-electron chi connectivity index (χ4n) is 3.05. The summed E-state index contributed by atoms with van der Waals surface area (Å²) in [7, 11) is 5.84. The van der Waals surface area contributed by atoms with E-state index in [1.54, 1.807) is 0 Å². The topological polar surface area (TPSA) is 54.7 Å². The first-order chi connectivity index (χ1) is 12.9. The molecule has 0 amide bonds. The van der Waals surface area contributed by atoms with Gasteiger partial charge in [0.25, 0.3) is 0 Å². The molecule has 0 unspecified atom stereocenters. The fourth-order valence-corrected chi connectivity index (χ4v) is 3.05. The van der Waals surface area contributed by atoms with Crippen molar-refractivity contribution in [3.8, 4) is 5.75 Å². The average Bonchev–Trinajstić information content (AvgIpc) is 3.00. The standard InChI is InChI=1S/C21H33N5O.HI/c1-16(2)20-18(15-26(6)24-20)14-25(5)21(22-4)23-12-9-13-27-19-11-8-7-10-17(19)3;/h7-8,10-11,15-16H,9,12-14H2,1-6H3,(H,22,23);1H. The van der Waals surface area contributed by atoms with Gasteiger partial charge in [0, 0.05) is 46.0 Å². The summed E-state index contributed by atoms with van der Waals surface area (Å²) < 4.78 is 7.74. The Morgan fingerprint density at radius 1 is 1.32 bits per heavy atom. The molecule has 0 saturated carbocycles. The van der Waals surface area contributed by atoms with Crippen LogP contribution in [0.25, 0.3) is 0 Å². The molecule has 0 bridgehead atoms. The van der Waals surface area contributed by atoms with Crippen molar-refractivity contribution in [2.45, 2.75) is 39.7 Å². The van der Waals surface area contributed by atoms with Gasteiger partial charge in [-0.1, -0.05) is 32.0 Å². The number of aliphatic imine (C=N–C) groups is 1. The maximum atomic E-state index is 5.85. The van der Waals surface area contributed by atoms with Gasteiger partial charge in [-0.15, -0.1) is 24.0 Å². The van der Waals surface area contributed by atoms with Crippen molar-refractivity contribution in [1.82, 2.24) is 20.0 Å². The van der Waals surface area contributed by atoms with Crippen LogP contribution < -0.4 is 10.1 Å². The molecule has 0 radical (unpaired) electrons. The zero-order valence-electron chi connectivity index (χ0n) is 17.9. The summed E-state index contributed by atoms with van der Waals surface area (Å²) in [6, 6.07) is 8.10. The fraction of sp³-hybridized carbons (Fsp3) is 0.524. The molecule has 1 aromatic carbocycles. The monoisotopic (exact) mass is 499 g/mol. The molecule has 0 atom stereocenters. The highest BCUT2D eigenvalue weighted by atomic mass is 127. The lowest BCUT2D eigenvalue weighted by Crippen LogP contribution is -2.39. The van der Waals surface area contributed by atoms with Gasteiger partial charge < -0.3 is 15.0 Å². The van der Waals surface area contributed by atoms with Gasteiger partial charge in [0.15, 0.2) is 5.96 Å². The summed E-state index contributed by atoms with van der Waals surface area (Å²) in [5, 5.41) is 8.00. The summed E-state index contributed by atoms with van der Waals surface area (Å²) in [5.41, 5.74) is 3.55. The number of para-hydroxylation sites is 1. The highest BCUT2D eigenvalue weighted by molar-refractivity contribution is 14.0. The first kappa shape index (κ1) is 24.3. The number of hydrogen-bond acceptors (Lipinski definition) is 3. The highest BCUT2D eigenvalue weighted by Gasteiger charge is 2.14. The quantitative estimate of drug-likeness (QED) is 0.259. The maximum Gasteiger partial charge on any atom is 0.193 e. The van der Waals surface area contributed by atoms with Gasteiger partial charge in [-0.2, -0.15) is 5.10 Å². The van der Waals surface area contributed by atoms with E-state index in [1.165, 1.54) is 11.1 Å². The van der Waals surface area contributed by atoms with E-state index < -0.39 is 0 Å². The molecule has 0 aliphatic carbocycles. The number of nitrogens with one attached hydrogen (secondary N) is 1. The Balaban J connectivity index is 0.00000392. The number of aryl methyl sites for hydroxylation is 2. The van der Waals surface area contributed by atoms with Gasteiger partial charge >= 0.3 is 0 Å². The maximum absolute atomic E-state index is 5.85. The lowest BCUT2D eigenvalue weighted by Gasteiger charge is -2.22. The second-order valence-electron chi connectivity index (χ2n) is 7.17. The number of hydrogen-bond donors (Lipinski definition) is 1. The Morgan fingerprint density at radius 2 is 2.04 bits per heavy atom. The minimum atomic E-state index is 0. The Labute approximate surface area is 186 Å². The Hall–Kier alpha value is -1.77. The summed E-state index contributed by atoms with van der Waals surface area (Å²) >= 11 is 0. The molecule has 7 heteroatoms. The second kappa shape index (κ2) is 11.9. The molecule has 0 saturated heterocycles. The van der Waals surface area contributed by atoms with Crippen molar-refractivity contribution in [2.75, 3.05) is 27.2 Å². The molecule has 1 aromatic heterocycles. The van der Waals surface area contributed by atoms with Crippen LogP contribution in [0.2, 0.25) is 0 Å². The lowest BCUT2D eigenvalue weighted by molar-refractivity contribution is 0.308. The summed E-state index contributed by atoms with van der Waals surface area (Å²) in [6.07, 6.45) is 3.00. The minimum Gasteiger partial charge on any atom is -0.493 e. The van der Waals surface area contributed by atoms with Crippen LogP contribution in [-0.2, 0) is 13.6 Å². The molecule has 2 rings (SSSR count). The van der Waals surface area contributed by atoms with Crippen LogP contribution in [0.5, 0.6) is 5.75 Å². The number of benzene rings is 1. The van der Waals surface area contributed by atoms with Crippen LogP contribution >= 0.6 is 24.0 Å². The van der Waals surface area contributed by atoms with E-state index in [4.69, 9.17) is 4.74 Å². The van der Waals surface area contributed by atoms with Crippen LogP contribution in [0, 0.1) is 6.92 Å².